The minimum atomic E-state index is -1.16. The summed E-state index contributed by atoms with van der Waals surface area (Å²) in [4.78, 5) is 27.5. The molecule has 1 aliphatic rings. The molecule has 2 N–H and O–H groups in total. The van der Waals surface area contributed by atoms with Crippen molar-refractivity contribution in [3.8, 4) is 11.5 Å². The van der Waals surface area contributed by atoms with E-state index in [1.165, 1.54) is 24.1 Å². The third-order valence-electron chi connectivity index (χ3n) is 7.49. The monoisotopic (exact) mass is 625 g/mol. The average molecular weight is 626 g/mol. The van der Waals surface area contributed by atoms with Crippen LogP contribution in [0.2, 0.25) is 0 Å². The number of fused-ring (bicyclic) bond motifs is 1. The first kappa shape index (κ1) is 33.1. The summed E-state index contributed by atoms with van der Waals surface area (Å²) in [7, 11) is 1.72. The van der Waals surface area contributed by atoms with E-state index in [1.807, 2.05) is 48.5 Å². The molecule has 44 heavy (non-hydrogen) atoms. The van der Waals surface area contributed by atoms with Crippen molar-refractivity contribution in [3.05, 3.63) is 84.2 Å². The third kappa shape index (κ3) is 9.60. The summed E-state index contributed by atoms with van der Waals surface area (Å²) < 4.78 is 31.7. The van der Waals surface area contributed by atoms with Crippen molar-refractivity contribution in [2.24, 2.45) is 5.92 Å². The van der Waals surface area contributed by atoms with Gasteiger partial charge in [0.25, 0.3) is 12.4 Å². The van der Waals surface area contributed by atoms with Crippen LogP contribution in [0.1, 0.15) is 25.8 Å². The Morgan fingerprint density at radius 3 is 2.50 bits per heavy atom. The zero-order valence-electron chi connectivity index (χ0n) is 25.2. The van der Waals surface area contributed by atoms with Crippen molar-refractivity contribution in [1.29, 1.82) is 0 Å². The summed E-state index contributed by atoms with van der Waals surface area (Å²) in [5.41, 5.74) is 1.59. The van der Waals surface area contributed by atoms with Gasteiger partial charge in [0.05, 0.1) is 18.7 Å². The van der Waals surface area contributed by atoms with Crippen molar-refractivity contribution < 1.29 is 33.3 Å². The van der Waals surface area contributed by atoms with Crippen LogP contribution in [0, 0.1) is 11.7 Å². The summed E-state index contributed by atoms with van der Waals surface area (Å²) in [5, 5.41) is 14.6. The van der Waals surface area contributed by atoms with E-state index >= 15 is 0 Å². The molecule has 1 amide bonds. The number of nitrogens with zero attached hydrogens (tertiary/aromatic N) is 2. The smallest absolute Gasteiger partial charge is 0.293 e. The number of benzene rings is 3. The van der Waals surface area contributed by atoms with Crippen LogP contribution in [0.5, 0.6) is 11.5 Å². The fraction of sp³-hybridized carbons (Fsp3) is 0.394. The second-order valence-electron chi connectivity index (χ2n) is 10.9. The van der Waals surface area contributed by atoms with E-state index in [1.54, 1.807) is 24.1 Å². The number of anilines is 1. The molecule has 0 radical (unpaired) electrons. The van der Waals surface area contributed by atoms with Gasteiger partial charge in [0.2, 0.25) is 6.79 Å². The van der Waals surface area contributed by atoms with Gasteiger partial charge in [0, 0.05) is 30.7 Å². The maximum absolute atomic E-state index is 13.5. The number of rotatable bonds is 17. The molecule has 3 aromatic rings. The quantitative estimate of drug-likeness (QED) is 0.164. The number of aliphatic hydroxyl groups excluding tert-OH is 1. The number of aliphatic hydroxyl groups is 1. The molecule has 0 spiro atoms. The highest BCUT2D eigenvalue weighted by molar-refractivity contribution is 7.97. The van der Waals surface area contributed by atoms with Crippen molar-refractivity contribution in [1.82, 2.24) is 9.62 Å². The highest BCUT2D eigenvalue weighted by Gasteiger charge is 2.30. The topological polar surface area (TPSA) is 101 Å². The number of carbonyl (C=O) groups is 2. The number of ether oxygens (including phenoxy) is 3. The Morgan fingerprint density at radius 1 is 1.07 bits per heavy atom. The molecule has 11 heteroatoms. The maximum atomic E-state index is 13.5. The van der Waals surface area contributed by atoms with Gasteiger partial charge in [-0.25, -0.2) is 8.70 Å². The van der Waals surface area contributed by atoms with Gasteiger partial charge in [-0.15, -0.1) is 0 Å². The molecule has 0 aliphatic carbocycles. The second-order valence-corrected chi connectivity index (χ2v) is 12.1. The number of amides is 1. The Bertz CT molecular complexity index is 1350. The van der Waals surface area contributed by atoms with E-state index in [4.69, 9.17) is 14.2 Å². The number of nitrogens with one attached hydrogen (secondary N) is 1. The van der Waals surface area contributed by atoms with E-state index in [2.05, 4.69) is 23.5 Å². The minimum Gasteiger partial charge on any atom is -0.454 e. The fourth-order valence-corrected chi connectivity index (χ4v) is 5.92. The molecule has 0 saturated heterocycles. The summed E-state index contributed by atoms with van der Waals surface area (Å²) >= 11 is 1.51. The van der Waals surface area contributed by atoms with Crippen molar-refractivity contribution in [2.45, 2.75) is 49.8 Å². The van der Waals surface area contributed by atoms with Crippen LogP contribution in [0.4, 0.5) is 10.1 Å². The number of halogens is 1. The molecule has 4 rings (SSSR count). The molecule has 3 aromatic carbocycles. The van der Waals surface area contributed by atoms with Gasteiger partial charge < -0.3 is 29.5 Å². The molecule has 4 atom stereocenters. The first-order chi connectivity index (χ1) is 21.2. The Kier molecular flexibility index (Phi) is 12.3. The average Bonchev–Trinajstić information content (AvgIpc) is 3.49. The van der Waals surface area contributed by atoms with Crippen molar-refractivity contribution in [3.63, 3.8) is 0 Å². The van der Waals surface area contributed by atoms with Crippen LogP contribution in [-0.4, -0.2) is 73.5 Å². The molecular weight excluding hydrogens is 585 g/mol. The Morgan fingerprint density at radius 2 is 1.80 bits per heavy atom. The minimum absolute atomic E-state index is 0.0322. The number of hydrogen-bond acceptors (Lipinski definition) is 9. The van der Waals surface area contributed by atoms with Gasteiger partial charge in [-0.2, -0.15) is 0 Å². The molecule has 0 fully saturated rings. The van der Waals surface area contributed by atoms with Crippen LogP contribution in [0.25, 0.3) is 0 Å². The Balaban J connectivity index is 1.51. The van der Waals surface area contributed by atoms with E-state index in [-0.39, 0.29) is 32.2 Å². The van der Waals surface area contributed by atoms with Gasteiger partial charge in [-0.1, -0.05) is 50.6 Å². The van der Waals surface area contributed by atoms with E-state index in [0.717, 1.165) is 16.9 Å². The lowest BCUT2D eigenvalue weighted by atomic mass is 10.00. The van der Waals surface area contributed by atoms with E-state index < -0.39 is 24.2 Å². The Labute approximate surface area is 262 Å². The lowest BCUT2D eigenvalue weighted by Crippen LogP contribution is -2.53. The maximum Gasteiger partial charge on any atom is 0.293 e. The summed E-state index contributed by atoms with van der Waals surface area (Å²) in [6.07, 6.45) is -0.796. The molecule has 0 saturated carbocycles. The van der Waals surface area contributed by atoms with Gasteiger partial charge in [-0.05, 0) is 72.3 Å². The molecule has 0 bridgehead atoms. The molecule has 1 heterocycles. The van der Waals surface area contributed by atoms with Crippen LogP contribution in [0.15, 0.2) is 77.7 Å². The third-order valence-corrected chi connectivity index (χ3v) is 8.51. The molecule has 4 unspecified atom stereocenters. The molecule has 0 aromatic heterocycles. The predicted molar refractivity (Wildman–Crippen MR) is 168 cm³/mol. The van der Waals surface area contributed by atoms with Gasteiger partial charge >= 0.3 is 0 Å². The molecule has 1 aliphatic heterocycles. The zero-order valence-corrected chi connectivity index (χ0v) is 26.0. The van der Waals surface area contributed by atoms with Gasteiger partial charge in [0.15, 0.2) is 17.6 Å². The normalized spacial score (nSPS) is 14.9. The largest absolute Gasteiger partial charge is 0.454 e. The van der Waals surface area contributed by atoms with Crippen LogP contribution >= 0.6 is 11.9 Å². The summed E-state index contributed by atoms with van der Waals surface area (Å²) in [6, 6.07) is 20.5. The zero-order chi connectivity index (χ0) is 31.5. The second kappa shape index (κ2) is 16.3. The van der Waals surface area contributed by atoms with Crippen LogP contribution in [-0.2, 0) is 20.7 Å². The van der Waals surface area contributed by atoms with E-state index in [0.29, 0.717) is 36.1 Å². The number of carbonyl (C=O) groups excluding carboxylic acids is 2. The van der Waals surface area contributed by atoms with Crippen LogP contribution in [0.3, 0.4) is 0 Å². The first-order valence-electron chi connectivity index (χ1n) is 14.7. The fourth-order valence-electron chi connectivity index (χ4n) is 4.78. The lowest BCUT2D eigenvalue weighted by molar-refractivity contribution is -0.145. The Hall–Kier alpha value is -3.80. The van der Waals surface area contributed by atoms with Crippen LogP contribution < -0.4 is 19.7 Å². The van der Waals surface area contributed by atoms with Gasteiger partial charge in [0.1, 0.15) is 5.82 Å². The molecule has 236 valence electrons. The lowest BCUT2D eigenvalue weighted by Gasteiger charge is -2.32. The van der Waals surface area contributed by atoms with E-state index in [9.17, 15) is 19.1 Å². The summed E-state index contributed by atoms with van der Waals surface area (Å²) in [5.74, 6) is 0.823. The SMILES string of the molecule is CCC(C)CN(CC(O)C(Cc1ccccc1)NC(=O)C(CN(C)c1ccc(F)cc1)OC=O)Sc1ccc2c(c1)OCO2. The summed E-state index contributed by atoms with van der Waals surface area (Å²) in [6.45, 7) is 5.70. The highest BCUT2D eigenvalue weighted by Crippen LogP contribution is 2.37. The predicted octanol–water partition coefficient (Wildman–Crippen LogP) is 4.68. The van der Waals surface area contributed by atoms with Crippen molar-refractivity contribution >= 4 is 30.0 Å². The van der Waals surface area contributed by atoms with Crippen molar-refractivity contribution in [2.75, 3.05) is 38.4 Å². The molecule has 9 nitrogen and oxygen atoms in total. The standard InChI is InChI=1S/C33H40FN3O6S/c1-4-23(2)18-37(44-27-14-15-30-31(17-27)43-22-42-30)19-29(39)28(16-24-8-6-5-7-9-24)35-33(40)32(41-21-38)20-36(3)26-12-10-25(34)11-13-26/h5-15,17,21,23,28-29,32,39H,4,16,18-20,22H2,1-3H3,(H,35,40). The highest BCUT2D eigenvalue weighted by atomic mass is 32.2. The molecular formula is C33H40FN3O6S. The number of hydrogen-bond donors (Lipinski definition) is 2. The van der Waals surface area contributed by atoms with Gasteiger partial charge in [-0.3, -0.25) is 9.59 Å². The number of likely N-dealkylation sites (N-methyl/N-ethyl adjacent to an activating group) is 1. The first-order valence-corrected chi connectivity index (χ1v) is 15.4.